The van der Waals surface area contributed by atoms with E-state index >= 15 is 0 Å². The molecule has 4 rings (SSSR count). The Hall–Kier alpha value is -3.12. The van der Waals surface area contributed by atoms with Gasteiger partial charge in [0.15, 0.2) is 5.82 Å². The van der Waals surface area contributed by atoms with Gasteiger partial charge in [-0.2, -0.15) is 0 Å². The van der Waals surface area contributed by atoms with E-state index in [1.54, 1.807) is 0 Å². The molecule has 28 heavy (non-hydrogen) atoms. The fraction of sp³-hybridized carbons (Fsp3) is 0.273. The molecule has 0 bridgehead atoms. The molecular weight excluding hydrogens is 350 g/mol. The zero-order valence-electron chi connectivity index (χ0n) is 16.3. The van der Waals surface area contributed by atoms with Crippen LogP contribution in [0.5, 0.6) is 0 Å². The van der Waals surface area contributed by atoms with Crippen molar-refractivity contribution in [3.8, 4) is 11.4 Å². The van der Waals surface area contributed by atoms with Crippen molar-refractivity contribution >= 4 is 23.0 Å². The van der Waals surface area contributed by atoms with Crippen molar-refractivity contribution in [3.63, 3.8) is 0 Å². The Balaban J connectivity index is 1.66. The highest BCUT2D eigenvalue weighted by Crippen LogP contribution is 2.26. The second-order valence-corrected chi connectivity index (χ2v) is 6.97. The highest BCUT2D eigenvalue weighted by Gasteiger charge is 2.16. The summed E-state index contributed by atoms with van der Waals surface area (Å²) in [4.78, 5) is 13.9. The molecule has 0 amide bonds. The zero-order valence-corrected chi connectivity index (χ0v) is 16.3. The first-order valence-corrected chi connectivity index (χ1v) is 9.51. The maximum absolute atomic E-state index is 5.49. The van der Waals surface area contributed by atoms with E-state index in [0.717, 1.165) is 60.7 Å². The third kappa shape index (κ3) is 4.23. The number of hydrogen-bond donors (Lipinski definition) is 1. The van der Waals surface area contributed by atoms with Gasteiger partial charge in [0.25, 0.3) is 0 Å². The lowest BCUT2D eigenvalue weighted by atomic mass is 10.2. The van der Waals surface area contributed by atoms with Crippen LogP contribution in [0, 0.1) is 0 Å². The van der Waals surface area contributed by atoms with Gasteiger partial charge in [-0.15, -0.1) is 0 Å². The van der Waals surface area contributed by atoms with Crippen LogP contribution in [0.2, 0.25) is 0 Å². The summed E-state index contributed by atoms with van der Waals surface area (Å²) in [6.45, 7) is 3.11. The van der Waals surface area contributed by atoms with Crippen LogP contribution >= 0.6 is 0 Å². The Labute approximate surface area is 165 Å². The monoisotopic (exact) mass is 375 g/mol. The van der Waals surface area contributed by atoms with Gasteiger partial charge in [0, 0.05) is 50.2 Å². The Morgan fingerprint density at radius 3 is 2.32 bits per heavy atom. The number of rotatable bonds is 5. The van der Waals surface area contributed by atoms with Crippen LogP contribution in [-0.2, 0) is 4.74 Å². The van der Waals surface area contributed by atoms with E-state index in [0.29, 0.717) is 0 Å². The van der Waals surface area contributed by atoms with E-state index in [9.17, 15) is 0 Å². The van der Waals surface area contributed by atoms with E-state index in [2.05, 4.69) is 39.4 Å². The van der Waals surface area contributed by atoms with Gasteiger partial charge in [-0.1, -0.05) is 30.3 Å². The first-order chi connectivity index (χ1) is 13.7. The van der Waals surface area contributed by atoms with Gasteiger partial charge in [0.1, 0.15) is 11.6 Å². The molecule has 1 fully saturated rings. The van der Waals surface area contributed by atoms with Crippen molar-refractivity contribution in [2.75, 3.05) is 55.5 Å². The summed E-state index contributed by atoms with van der Waals surface area (Å²) in [6, 6.07) is 20.4. The molecule has 0 unspecified atom stereocenters. The van der Waals surface area contributed by atoms with Crippen LogP contribution in [0.15, 0.2) is 60.7 Å². The van der Waals surface area contributed by atoms with Crippen LogP contribution in [0.1, 0.15) is 0 Å². The third-order valence-corrected chi connectivity index (χ3v) is 4.74. The van der Waals surface area contributed by atoms with Crippen molar-refractivity contribution in [3.05, 3.63) is 60.7 Å². The average molecular weight is 375 g/mol. The first-order valence-electron chi connectivity index (χ1n) is 9.51. The topological polar surface area (TPSA) is 53.5 Å². The molecule has 144 valence electrons. The standard InChI is InChI=1S/C22H25N5O/c1-26(2)19-10-8-18(9-11-19)23-20-16-21(27-12-14-28-15-13-27)25-22(24-20)17-6-4-3-5-7-17/h3-11,16H,12-15H2,1-2H3,(H,23,24,25). The molecule has 3 aromatic rings. The molecule has 2 aromatic carbocycles. The van der Waals surface area contributed by atoms with Gasteiger partial charge in [-0.25, -0.2) is 9.97 Å². The van der Waals surface area contributed by atoms with Crippen LogP contribution in [0.3, 0.4) is 0 Å². The molecule has 1 N–H and O–H groups in total. The molecule has 0 aliphatic carbocycles. The summed E-state index contributed by atoms with van der Waals surface area (Å²) in [5, 5.41) is 3.43. The van der Waals surface area contributed by atoms with Gasteiger partial charge in [0.2, 0.25) is 0 Å². The number of ether oxygens (including phenoxy) is 1. The number of nitrogens with zero attached hydrogens (tertiary/aromatic N) is 4. The summed E-state index contributed by atoms with van der Waals surface area (Å²) in [5.41, 5.74) is 3.16. The van der Waals surface area contributed by atoms with Crippen LogP contribution in [0.25, 0.3) is 11.4 Å². The van der Waals surface area contributed by atoms with Gasteiger partial charge in [-0.05, 0) is 24.3 Å². The largest absolute Gasteiger partial charge is 0.378 e. The fourth-order valence-electron chi connectivity index (χ4n) is 3.16. The second kappa shape index (κ2) is 8.27. The first kappa shape index (κ1) is 18.3. The number of aromatic nitrogens is 2. The lowest BCUT2D eigenvalue weighted by molar-refractivity contribution is 0.122. The molecule has 1 saturated heterocycles. The number of morpholine rings is 1. The van der Waals surface area contributed by atoms with Crippen LogP contribution in [-0.4, -0.2) is 50.4 Å². The quantitative estimate of drug-likeness (QED) is 0.732. The van der Waals surface area contributed by atoms with Gasteiger partial charge in [0.05, 0.1) is 13.2 Å². The minimum Gasteiger partial charge on any atom is -0.378 e. The van der Waals surface area contributed by atoms with E-state index in [-0.39, 0.29) is 0 Å². The van der Waals surface area contributed by atoms with Crippen molar-refractivity contribution in [2.45, 2.75) is 0 Å². The molecule has 1 aromatic heterocycles. The van der Waals surface area contributed by atoms with Crippen molar-refractivity contribution in [1.82, 2.24) is 9.97 Å². The summed E-state index contributed by atoms with van der Waals surface area (Å²) in [7, 11) is 4.07. The van der Waals surface area contributed by atoms with Crippen LogP contribution in [0.4, 0.5) is 23.0 Å². The maximum atomic E-state index is 5.49. The van der Waals surface area contributed by atoms with E-state index in [1.165, 1.54) is 0 Å². The fourth-order valence-corrected chi connectivity index (χ4v) is 3.16. The molecule has 0 radical (unpaired) electrons. The van der Waals surface area contributed by atoms with E-state index in [1.807, 2.05) is 50.5 Å². The Kier molecular flexibility index (Phi) is 5.39. The second-order valence-electron chi connectivity index (χ2n) is 6.97. The summed E-state index contributed by atoms with van der Waals surface area (Å²) < 4.78 is 5.49. The Morgan fingerprint density at radius 2 is 1.64 bits per heavy atom. The van der Waals surface area contributed by atoms with Gasteiger partial charge < -0.3 is 19.9 Å². The molecule has 6 heteroatoms. The normalized spacial score (nSPS) is 14.0. The molecule has 0 saturated carbocycles. The maximum Gasteiger partial charge on any atom is 0.163 e. The summed E-state index contributed by atoms with van der Waals surface area (Å²) in [5.74, 6) is 2.43. The predicted molar refractivity (Wildman–Crippen MR) is 115 cm³/mol. The van der Waals surface area contributed by atoms with Gasteiger partial charge >= 0.3 is 0 Å². The Morgan fingerprint density at radius 1 is 0.929 bits per heavy atom. The number of hydrogen-bond acceptors (Lipinski definition) is 6. The van der Waals surface area contributed by atoms with Crippen molar-refractivity contribution in [1.29, 1.82) is 0 Å². The van der Waals surface area contributed by atoms with Crippen molar-refractivity contribution in [2.24, 2.45) is 0 Å². The smallest absolute Gasteiger partial charge is 0.163 e. The van der Waals surface area contributed by atoms with Gasteiger partial charge in [-0.3, -0.25) is 0 Å². The molecule has 1 aliphatic heterocycles. The number of anilines is 4. The summed E-state index contributed by atoms with van der Waals surface area (Å²) >= 11 is 0. The molecule has 2 heterocycles. The minimum atomic E-state index is 0.719. The van der Waals surface area contributed by atoms with Crippen molar-refractivity contribution < 1.29 is 4.74 Å². The third-order valence-electron chi connectivity index (χ3n) is 4.74. The minimum absolute atomic E-state index is 0.719. The molecule has 6 nitrogen and oxygen atoms in total. The average Bonchev–Trinajstić information content (AvgIpc) is 2.75. The zero-order chi connectivity index (χ0) is 19.3. The lowest BCUT2D eigenvalue weighted by Gasteiger charge is -2.28. The molecule has 1 aliphatic rings. The number of nitrogens with one attached hydrogen (secondary N) is 1. The van der Waals surface area contributed by atoms with Crippen LogP contribution < -0.4 is 15.1 Å². The highest BCUT2D eigenvalue weighted by molar-refractivity contribution is 5.66. The SMILES string of the molecule is CN(C)c1ccc(Nc2cc(N3CCOCC3)nc(-c3ccccc3)n2)cc1. The van der Waals surface area contributed by atoms with E-state index < -0.39 is 0 Å². The van der Waals surface area contributed by atoms with E-state index in [4.69, 9.17) is 14.7 Å². The highest BCUT2D eigenvalue weighted by atomic mass is 16.5. The predicted octanol–water partition coefficient (Wildman–Crippen LogP) is 3.79. The number of benzene rings is 2. The molecular formula is C22H25N5O. The summed E-state index contributed by atoms with van der Waals surface area (Å²) in [6.07, 6.45) is 0. The molecule has 0 spiro atoms. The molecule has 0 atom stereocenters. The Bertz CT molecular complexity index is 906. The lowest BCUT2D eigenvalue weighted by Crippen LogP contribution is -2.36.